The van der Waals surface area contributed by atoms with Crippen LogP contribution in [0.1, 0.15) is 16.8 Å². The Labute approximate surface area is 101 Å². The molecule has 0 aliphatic carbocycles. The van der Waals surface area contributed by atoms with Gasteiger partial charge in [0, 0.05) is 18.2 Å². The molecular formula is C13H17N3O. The molecule has 0 aliphatic heterocycles. The summed E-state index contributed by atoms with van der Waals surface area (Å²) in [5, 5.41) is 6.73. The summed E-state index contributed by atoms with van der Waals surface area (Å²) in [6.07, 6.45) is 0.775. The summed E-state index contributed by atoms with van der Waals surface area (Å²) in [7, 11) is 0. The SMILES string of the molecule is Cc1cc(C)cc(OCCc2cc(N)n[nH]2)c1. The van der Waals surface area contributed by atoms with E-state index in [1.54, 1.807) is 0 Å². The monoisotopic (exact) mass is 231 g/mol. The molecule has 0 radical (unpaired) electrons. The number of aromatic nitrogens is 2. The van der Waals surface area contributed by atoms with Crippen LogP contribution in [0.15, 0.2) is 24.3 Å². The zero-order chi connectivity index (χ0) is 12.3. The van der Waals surface area contributed by atoms with Gasteiger partial charge in [-0.2, -0.15) is 5.10 Å². The number of hydrogen-bond acceptors (Lipinski definition) is 3. The van der Waals surface area contributed by atoms with Crippen LogP contribution in [0.4, 0.5) is 5.82 Å². The molecule has 0 atom stereocenters. The van der Waals surface area contributed by atoms with Gasteiger partial charge in [-0.1, -0.05) is 6.07 Å². The van der Waals surface area contributed by atoms with Gasteiger partial charge in [0.2, 0.25) is 0 Å². The fraction of sp³-hybridized carbons (Fsp3) is 0.308. The van der Waals surface area contributed by atoms with Gasteiger partial charge < -0.3 is 10.5 Å². The molecule has 0 aliphatic rings. The Hall–Kier alpha value is -1.97. The van der Waals surface area contributed by atoms with Crippen LogP contribution < -0.4 is 10.5 Å². The number of ether oxygens (including phenoxy) is 1. The van der Waals surface area contributed by atoms with E-state index >= 15 is 0 Å². The topological polar surface area (TPSA) is 63.9 Å². The molecule has 2 aromatic rings. The molecule has 3 N–H and O–H groups in total. The fourth-order valence-electron chi connectivity index (χ4n) is 1.80. The molecule has 17 heavy (non-hydrogen) atoms. The maximum absolute atomic E-state index is 5.69. The molecule has 90 valence electrons. The van der Waals surface area contributed by atoms with Crippen molar-refractivity contribution in [2.75, 3.05) is 12.3 Å². The van der Waals surface area contributed by atoms with Gasteiger partial charge in [-0.05, 0) is 37.1 Å². The minimum Gasteiger partial charge on any atom is -0.493 e. The molecule has 0 saturated heterocycles. The lowest BCUT2D eigenvalue weighted by Gasteiger charge is -2.07. The van der Waals surface area contributed by atoms with Gasteiger partial charge in [0.05, 0.1) is 6.61 Å². The van der Waals surface area contributed by atoms with Crippen LogP contribution in [0.5, 0.6) is 5.75 Å². The predicted octanol–water partition coefficient (Wildman–Crippen LogP) is 2.23. The summed E-state index contributed by atoms with van der Waals surface area (Å²) in [5.41, 5.74) is 8.94. The van der Waals surface area contributed by atoms with Gasteiger partial charge >= 0.3 is 0 Å². The molecule has 2 rings (SSSR count). The van der Waals surface area contributed by atoms with E-state index in [2.05, 4.69) is 30.1 Å². The number of benzene rings is 1. The number of hydrogen-bond donors (Lipinski definition) is 2. The normalized spacial score (nSPS) is 10.5. The van der Waals surface area contributed by atoms with Crippen LogP contribution in [-0.2, 0) is 6.42 Å². The average molecular weight is 231 g/mol. The van der Waals surface area contributed by atoms with Crippen LogP contribution in [-0.4, -0.2) is 16.8 Å². The first-order chi connectivity index (χ1) is 8.13. The van der Waals surface area contributed by atoms with E-state index in [-0.39, 0.29) is 0 Å². The number of nitrogen functional groups attached to an aromatic ring is 1. The first-order valence-electron chi connectivity index (χ1n) is 5.64. The molecular weight excluding hydrogens is 214 g/mol. The molecule has 1 aromatic carbocycles. The summed E-state index contributed by atoms with van der Waals surface area (Å²) in [6, 6.07) is 8.02. The Morgan fingerprint density at radius 1 is 1.18 bits per heavy atom. The Kier molecular flexibility index (Phi) is 3.32. The molecule has 4 nitrogen and oxygen atoms in total. The molecule has 1 aromatic heterocycles. The zero-order valence-electron chi connectivity index (χ0n) is 10.2. The Bertz CT molecular complexity index is 485. The molecule has 4 heteroatoms. The van der Waals surface area contributed by atoms with Crippen LogP contribution in [0.25, 0.3) is 0 Å². The van der Waals surface area contributed by atoms with Crippen LogP contribution >= 0.6 is 0 Å². The van der Waals surface area contributed by atoms with E-state index in [4.69, 9.17) is 10.5 Å². The third kappa shape index (κ3) is 3.24. The molecule has 0 amide bonds. The lowest BCUT2D eigenvalue weighted by Crippen LogP contribution is -2.02. The standard InChI is InChI=1S/C13H17N3O/c1-9-5-10(2)7-12(6-9)17-4-3-11-8-13(14)16-15-11/h5-8H,3-4H2,1-2H3,(H3,14,15,16). The van der Waals surface area contributed by atoms with Crippen molar-refractivity contribution in [1.29, 1.82) is 0 Å². The van der Waals surface area contributed by atoms with Crippen molar-refractivity contribution in [3.63, 3.8) is 0 Å². The lowest BCUT2D eigenvalue weighted by atomic mass is 10.1. The summed E-state index contributed by atoms with van der Waals surface area (Å²) >= 11 is 0. The van der Waals surface area contributed by atoms with Gasteiger partial charge in [-0.15, -0.1) is 0 Å². The number of nitrogens with zero attached hydrogens (tertiary/aromatic N) is 1. The Morgan fingerprint density at radius 3 is 2.47 bits per heavy atom. The largest absolute Gasteiger partial charge is 0.493 e. The summed E-state index contributed by atoms with van der Waals surface area (Å²) in [6.45, 7) is 4.75. The van der Waals surface area contributed by atoms with Gasteiger partial charge in [0.1, 0.15) is 11.6 Å². The highest BCUT2D eigenvalue weighted by Crippen LogP contribution is 2.16. The zero-order valence-corrected chi connectivity index (χ0v) is 10.2. The Balaban J connectivity index is 1.89. The van der Waals surface area contributed by atoms with Gasteiger partial charge in [0.25, 0.3) is 0 Å². The minimum absolute atomic E-state index is 0.520. The number of aromatic amines is 1. The van der Waals surface area contributed by atoms with E-state index in [1.165, 1.54) is 11.1 Å². The number of nitrogens with two attached hydrogens (primary N) is 1. The maximum Gasteiger partial charge on any atom is 0.145 e. The smallest absolute Gasteiger partial charge is 0.145 e. The number of nitrogens with one attached hydrogen (secondary N) is 1. The van der Waals surface area contributed by atoms with Crippen LogP contribution in [0.2, 0.25) is 0 Å². The first-order valence-corrected chi connectivity index (χ1v) is 5.64. The average Bonchev–Trinajstić information content (AvgIpc) is 2.63. The highest BCUT2D eigenvalue weighted by molar-refractivity contribution is 5.33. The van der Waals surface area contributed by atoms with Crippen molar-refractivity contribution in [2.24, 2.45) is 0 Å². The number of H-pyrrole nitrogens is 1. The fourth-order valence-corrected chi connectivity index (χ4v) is 1.80. The van der Waals surface area contributed by atoms with Crippen molar-refractivity contribution in [2.45, 2.75) is 20.3 Å². The number of aryl methyl sites for hydroxylation is 2. The van der Waals surface area contributed by atoms with E-state index in [0.29, 0.717) is 12.4 Å². The second kappa shape index (κ2) is 4.91. The molecule has 1 heterocycles. The minimum atomic E-state index is 0.520. The van der Waals surface area contributed by atoms with Crippen LogP contribution in [0.3, 0.4) is 0 Å². The highest BCUT2D eigenvalue weighted by Gasteiger charge is 2.00. The second-order valence-electron chi connectivity index (χ2n) is 4.24. The van der Waals surface area contributed by atoms with Gasteiger partial charge in [0.15, 0.2) is 0 Å². The highest BCUT2D eigenvalue weighted by atomic mass is 16.5. The molecule has 0 unspecified atom stereocenters. The van der Waals surface area contributed by atoms with Gasteiger partial charge in [-0.25, -0.2) is 0 Å². The molecule has 0 bridgehead atoms. The van der Waals surface area contributed by atoms with E-state index in [0.717, 1.165) is 17.9 Å². The molecule has 0 fully saturated rings. The van der Waals surface area contributed by atoms with E-state index < -0.39 is 0 Å². The Morgan fingerprint density at radius 2 is 1.88 bits per heavy atom. The van der Waals surface area contributed by atoms with Gasteiger partial charge in [-0.3, -0.25) is 5.10 Å². The lowest BCUT2D eigenvalue weighted by molar-refractivity contribution is 0.320. The van der Waals surface area contributed by atoms with Crippen molar-refractivity contribution in [3.8, 4) is 5.75 Å². The van der Waals surface area contributed by atoms with Crippen molar-refractivity contribution in [3.05, 3.63) is 41.1 Å². The van der Waals surface area contributed by atoms with E-state index in [9.17, 15) is 0 Å². The first kappa shape index (κ1) is 11.5. The van der Waals surface area contributed by atoms with Crippen molar-refractivity contribution >= 4 is 5.82 Å². The molecule has 0 spiro atoms. The third-order valence-electron chi connectivity index (χ3n) is 2.49. The van der Waals surface area contributed by atoms with Crippen LogP contribution in [0, 0.1) is 13.8 Å². The third-order valence-corrected chi connectivity index (χ3v) is 2.49. The van der Waals surface area contributed by atoms with Crippen molar-refractivity contribution < 1.29 is 4.74 Å². The number of rotatable bonds is 4. The summed E-state index contributed by atoms with van der Waals surface area (Å²) < 4.78 is 5.69. The second-order valence-corrected chi connectivity index (χ2v) is 4.24. The van der Waals surface area contributed by atoms with Crippen molar-refractivity contribution in [1.82, 2.24) is 10.2 Å². The quantitative estimate of drug-likeness (QED) is 0.848. The van der Waals surface area contributed by atoms with E-state index in [1.807, 2.05) is 18.2 Å². The summed E-state index contributed by atoms with van der Waals surface area (Å²) in [5.74, 6) is 1.43. The molecule has 0 saturated carbocycles. The maximum atomic E-state index is 5.69. The number of anilines is 1. The summed E-state index contributed by atoms with van der Waals surface area (Å²) in [4.78, 5) is 0. The predicted molar refractivity (Wildman–Crippen MR) is 68.1 cm³/mol.